The Kier molecular flexibility index (Phi) is 3.85. The molecule has 0 aromatic heterocycles. The lowest BCUT2D eigenvalue weighted by atomic mass is 10.4. The van der Waals surface area contributed by atoms with Crippen LogP contribution >= 0.6 is 0 Å². The van der Waals surface area contributed by atoms with Gasteiger partial charge in [0.1, 0.15) is 13.1 Å². The van der Waals surface area contributed by atoms with Crippen LogP contribution in [0.15, 0.2) is 0 Å². The zero-order valence-corrected chi connectivity index (χ0v) is 9.07. The molecule has 0 atom stereocenters. The van der Waals surface area contributed by atoms with Gasteiger partial charge in [-0.1, -0.05) is 0 Å². The molecule has 14 heavy (non-hydrogen) atoms. The summed E-state index contributed by atoms with van der Waals surface area (Å²) in [5.41, 5.74) is 0. The van der Waals surface area contributed by atoms with Gasteiger partial charge in [-0.25, -0.2) is 0 Å². The molecule has 2 N–H and O–H groups in total. The van der Waals surface area contributed by atoms with Crippen molar-refractivity contribution in [2.75, 3.05) is 39.3 Å². The Morgan fingerprint density at radius 2 is 1.00 bits per heavy atom. The molecule has 0 aliphatic carbocycles. The van der Waals surface area contributed by atoms with E-state index in [-0.39, 0.29) is 0 Å². The van der Waals surface area contributed by atoms with Crippen LogP contribution in [0.3, 0.4) is 0 Å². The van der Waals surface area contributed by atoms with Crippen LogP contribution in [-0.4, -0.2) is 39.3 Å². The fraction of sp³-hybridized carbons (Fsp3) is 0.833. The van der Waals surface area contributed by atoms with Crippen LogP contribution in [0.25, 0.3) is 0 Å². The minimum Gasteiger partial charge on any atom is -0.325 e. The fourth-order valence-corrected chi connectivity index (χ4v) is 2.48. The van der Waals surface area contributed by atoms with E-state index in [2.05, 4.69) is 11.8 Å². The van der Waals surface area contributed by atoms with E-state index in [4.69, 9.17) is 0 Å². The zero-order chi connectivity index (χ0) is 9.64. The molecule has 2 aliphatic heterocycles. The van der Waals surface area contributed by atoms with E-state index < -0.39 is 0 Å². The molecule has 0 amide bonds. The Bertz CT molecular complexity index is 192. The third-order valence-electron chi connectivity index (χ3n) is 3.42. The van der Waals surface area contributed by atoms with Gasteiger partial charge >= 0.3 is 0 Å². The molecule has 0 radical (unpaired) electrons. The van der Waals surface area contributed by atoms with Gasteiger partial charge in [-0.3, -0.25) is 0 Å². The smallest absolute Gasteiger partial charge is 0.139 e. The highest BCUT2D eigenvalue weighted by Gasteiger charge is 2.14. The van der Waals surface area contributed by atoms with Crippen molar-refractivity contribution in [3.05, 3.63) is 0 Å². The molecule has 2 heteroatoms. The second-order valence-electron chi connectivity index (χ2n) is 4.62. The zero-order valence-electron chi connectivity index (χ0n) is 9.07. The van der Waals surface area contributed by atoms with Crippen LogP contribution in [0.2, 0.25) is 0 Å². The SMILES string of the molecule is C(#CC[NH+]1CCCC1)C[NH+]1CCCC1. The van der Waals surface area contributed by atoms with Gasteiger partial charge in [-0.15, -0.1) is 0 Å². The van der Waals surface area contributed by atoms with Gasteiger partial charge in [0.05, 0.1) is 26.2 Å². The van der Waals surface area contributed by atoms with Gasteiger partial charge < -0.3 is 9.80 Å². The van der Waals surface area contributed by atoms with Gasteiger partial charge in [-0.2, -0.15) is 0 Å². The van der Waals surface area contributed by atoms with Crippen LogP contribution in [0.5, 0.6) is 0 Å². The van der Waals surface area contributed by atoms with E-state index in [1.165, 1.54) is 51.9 Å². The van der Waals surface area contributed by atoms with Crippen molar-refractivity contribution in [1.82, 2.24) is 0 Å². The van der Waals surface area contributed by atoms with Gasteiger partial charge in [0, 0.05) is 25.7 Å². The standard InChI is InChI=1S/C12H20N2/c1-2-8-13(7-1)11-5-6-12-14-9-3-4-10-14/h1-4,7-12H2/p+2. The fourth-order valence-electron chi connectivity index (χ4n) is 2.48. The van der Waals surface area contributed by atoms with Crippen LogP contribution in [0.4, 0.5) is 0 Å². The van der Waals surface area contributed by atoms with E-state index in [0.717, 1.165) is 13.1 Å². The summed E-state index contributed by atoms with van der Waals surface area (Å²) < 4.78 is 0. The predicted octanol–water partition coefficient (Wildman–Crippen LogP) is -1.65. The van der Waals surface area contributed by atoms with Gasteiger partial charge in [-0.05, 0) is 11.8 Å². The molecule has 0 aromatic carbocycles. The summed E-state index contributed by atoms with van der Waals surface area (Å²) in [6.07, 6.45) is 5.64. The molecule has 2 aliphatic rings. The minimum absolute atomic E-state index is 1.09. The number of quaternary nitrogens is 2. The monoisotopic (exact) mass is 194 g/mol. The average Bonchev–Trinajstić information content (AvgIpc) is 2.86. The van der Waals surface area contributed by atoms with E-state index in [1.54, 1.807) is 9.80 Å². The largest absolute Gasteiger partial charge is 0.325 e. The average molecular weight is 194 g/mol. The molecule has 2 fully saturated rings. The highest BCUT2D eigenvalue weighted by atomic mass is 15.1. The Morgan fingerprint density at radius 3 is 1.36 bits per heavy atom. The first-order valence-electron chi connectivity index (χ1n) is 6.08. The third-order valence-corrected chi connectivity index (χ3v) is 3.42. The van der Waals surface area contributed by atoms with Crippen molar-refractivity contribution in [2.24, 2.45) is 0 Å². The Balaban J connectivity index is 1.61. The molecule has 78 valence electrons. The lowest BCUT2D eigenvalue weighted by molar-refractivity contribution is -0.881. The van der Waals surface area contributed by atoms with Gasteiger partial charge in [0.2, 0.25) is 0 Å². The van der Waals surface area contributed by atoms with E-state index >= 15 is 0 Å². The summed E-state index contributed by atoms with van der Waals surface area (Å²) in [6.45, 7) is 7.59. The molecule has 0 aromatic rings. The number of hydrogen-bond donors (Lipinski definition) is 2. The number of nitrogens with one attached hydrogen (secondary N) is 2. The topological polar surface area (TPSA) is 8.88 Å². The summed E-state index contributed by atoms with van der Waals surface area (Å²) in [6, 6.07) is 0. The molecule has 0 bridgehead atoms. The highest BCUT2D eigenvalue weighted by molar-refractivity contribution is 4.98. The summed E-state index contributed by atoms with van der Waals surface area (Å²) in [7, 11) is 0. The quantitative estimate of drug-likeness (QED) is 0.487. The molecule has 2 nitrogen and oxygen atoms in total. The Labute approximate surface area is 87.3 Å². The molecule has 2 heterocycles. The summed E-state index contributed by atoms with van der Waals surface area (Å²) >= 11 is 0. The minimum atomic E-state index is 1.09. The van der Waals surface area contributed by atoms with E-state index in [9.17, 15) is 0 Å². The lowest BCUT2D eigenvalue weighted by Gasteiger charge is -2.07. The van der Waals surface area contributed by atoms with Crippen molar-refractivity contribution in [3.8, 4) is 11.8 Å². The Morgan fingerprint density at radius 1 is 0.643 bits per heavy atom. The van der Waals surface area contributed by atoms with Crippen LogP contribution < -0.4 is 9.80 Å². The second-order valence-corrected chi connectivity index (χ2v) is 4.62. The molecule has 2 saturated heterocycles. The third kappa shape index (κ3) is 3.01. The summed E-state index contributed by atoms with van der Waals surface area (Å²) in [5.74, 6) is 6.69. The molecule has 0 spiro atoms. The Hall–Kier alpha value is -0.520. The van der Waals surface area contributed by atoms with Crippen LogP contribution in [0, 0.1) is 11.8 Å². The highest BCUT2D eigenvalue weighted by Crippen LogP contribution is 1.87. The maximum Gasteiger partial charge on any atom is 0.139 e. The maximum atomic E-state index is 3.35. The number of hydrogen-bond acceptors (Lipinski definition) is 0. The lowest BCUT2D eigenvalue weighted by Crippen LogP contribution is -3.10. The van der Waals surface area contributed by atoms with Crippen LogP contribution in [-0.2, 0) is 0 Å². The van der Waals surface area contributed by atoms with Crippen molar-refractivity contribution in [1.29, 1.82) is 0 Å². The molecule has 2 rings (SSSR count). The van der Waals surface area contributed by atoms with Crippen molar-refractivity contribution in [3.63, 3.8) is 0 Å². The maximum absolute atomic E-state index is 3.35. The second kappa shape index (κ2) is 5.38. The first-order valence-corrected chi connectivity index (χ1v) is 6.08. The van der Waals surface area contributed by atoms with Gasteiger partial charge in [0.25, 0.3) is 0 Å². The molecular formula is C12H22N2+2. The first kappa shape index (κ1) is 10.0. The van der Waals surface area contributed by atoms with Crippen LogP contribution in [0.1, 0.15) is 25.7 Å². The van der Waals surface area contributed by atoms with Crippen molar-refractivity contribution in [2.45, 2.75) is 25.7 Å². The summed E-state index contributed by atoms with van der Waals surface area (Å²) in [4.78, 5) is 3.41. The molecule has 0 unspecified atom stereocenters. The number of rotatable bonds is 2. The number of likely N-dealkylation sites (tertiary alicyclic amines) is 2. The van der Waals surface area contributed by atoms with E-state index in [0.29, 0.717) is 0 Å². The molecular weight excluding hydrogens is 172 g/mol. The van der Waals surface area contributed by atoms with Gasteiger partial charge in [0.15, 0.2) is 0 Å². The normalized spacial score (nSPS) is 23.7. The predicted molar refractivity (Wildman–Crippen MR) is 57.4 cm³/mol. The summed E-state index contributed by atoms with van der Waals surface area (Å²) in [5, 5.41) is 0. The molecule has 0 saturated carbocycles. The van der Waals surface area contributed by atoms with Crippen molar-refractivity contribution < 1.29 is 9.80 Å². The first-order chi connectivity index (χ1) is 6.95. The van der Waals surface area contributed by atoms with Crippen molar-refractivity contribution >= 4 is 0 Å². The van der Waals surface area contributed by atoms with E-state index in [1.807, 2.05) is 0 Å².